The molecule has 1 unspecified atom stereocenters. The number of ketones is 1. The third-order valence-electron chi connectivity index (χ3n) is 5.43. The van der Waals surface area contributed by atoms with Crippen LogP contribution in [0.2, 0.25) is 0 Å². The highest BCUT2D eigenvalue weighted by atomic mass is 16.5. The SMILES string of the molecule is COc1cccc(C2CC(=O)N(c3ccc(C#N)cc3)C3=C2C(=O)CCC3)c1. The lowest BCUT2D eigenvalue weighted by Crippen LogP contribution is -2.40. The molecule has 0 aromatic heterocycles. The first kappa shape index (κ1) is 18.0. The van der Waals surface area contributed by atoms with E-state index < -0.39 is 0 Å². The zero-order valence-corrected chi connectivity index (χ0v) is 15.6. The van der Waals surface area contributed by atoms with E-state index in [1.807, 2.05) is 24.3 Å². The van der Waals surface area contributed by atoms with E-state index in [2.05, 4.69) is 6.07 Å². The lowest BCUT2D eigenvalue weighted by atomic mass is 9.77. The lowest BCUT2D eigenvalue weighted by molar-refractivity contribution is -0.119. The third kappa shape index (κ3) is 3.07. The van der Waals surface area contributed by atoms with Crippen molar-refractivity contribution in [1.82, 2.24) is 0 Å². The fourth-order valence-electron chi connectivity index (χ4n) is 4.12. The number of methoxy groups -OCH3 is 1. The van der Waals surface area contributed by atoms with Crippen LogP contribution in [-0.4, -0.2) is 18.8 Å². The Morgan fingerprint density at radius 3 is 2.61 bits per heavy atom. The second-order valence-electron chi connectivity index (χ2n) is 7.06. The molecule has 4 rings (SSSR count). The molecule has 2 aliphatic rings. The molecule has 1 amide bonds. The fourth-order valence-corrected chi connectivity index (χ4v) is 4.12. The smallest absolute Gasteiger partial charge is 0.232 e. The number of rotatable bonds is 3. The molecule has 140 valence electrons. The first-order chi connectivity index (χ1) is 13.6. The fraction of sp³-hybridized carbons (Fsp3) is 0.261. The molecule has 5 nitrogen and oxygen atoms in total. The average Bonchev–Trinajstić information content (AvgIpc) is 2.73. The second-order valence-corrected chi connectivity index (χ2v) is 7.06. The largest absolute Gasteiger partial charge is 0.497 e. The lowest BCUT2D eigenvalue weighted by Gasteiger charge is -2.38. The third-order valence-corrected chi connectivity index (χ3v) is 5.43. The van der Waals surface area contributed by atoms with Crippen LogP contribution in [0.25, 0.3) is 0 Å². The summed E-state index contributed by atoms with van der Waals surface area (Å²) in [6.07, 6.45) is 2.17. The van der Waals surface area contributed by atoms with Gasteiger partial charge in [0.25, 0.3) is 0 Å². The Kier molecular flexibility index (Phi) is 4.70. The molecule has 1 aliphatic carbocycles. The quantitative estimate of drug-likeness (QED) is 0.813. The number of nitriles is 1. The molecule has 1 aliphatic heterocycles. The Morgan fingerprint density at radius 2 is 1.89 bits per heavy atom. The summed E-state index contributed by atoms with van der Waals surface area (Å²) in [5.74, 6) is 0.538. The van der Waals surface area contributed by atoms with Gasteiger partial charge in [0, 0.05) is 35.7 Å². The van der Waals surface area contributed by atoms with Gasteiger partial charge in [0.2, 0.25) is 5.91 Å². The first-order valence-corrected chi connectivity index (χ1v) is 9.35. The molecule has 0 saturated heterocycles. The van der Waals surface area contributed by atoms with E-state index in [0.29, 0.717) is 29.8 Å². The highest BCUT2D eigenvalue weighted by molar-refractivity contribution is 6.07. The van der Waals surface area contributed by atoms with E-state index in [0.717, 1.165) is 23.3 Å². The summed E-state index contributed by atoms with van der Waals surface area (Å²) in [5, 5.41) is 9.02. The molecule has 0 bridgehead atoms. The number of amides is 1. The molecule has 0 N–H and O–H groups in total. The van der Waals surface area contributed by atoms with Crippen LogP contribution in [-0.2, 0) is 9.59 Å². The van der Waals surface area contributed by atoms with Crippen molar-refractivity contribution in [2.75, 3.05) is 12.0 Å². The molecule has 2 aromatic carbocycles. The predicted molar refractivity (Wildman–Crippen MR) is 105 cm³/mol. The summed E-state index contributed by atoms with van der Waals surface area (Å²) in [4.78, 5) is 27.7. The summed E-state index contributed by atoms with van der Waals surface area (Å²) in [5.41, 5.74) is 3.70. The number of benzene rings is 2. The number of anilines is 1. The maximum absolute atomic E-state index is 13.1. The van der Waals surface area contributed by atoms with Crippen molar-refractivity contribution in [3.63, 3.8) is 0 Å². The Labute approximate surface area is 163 Å². The van der Waals surface area contributed by atoms with Gasteiger partial charge < -0.3 is 4.74 Å². The molecular formula is C23H20N2O3. The van der Waals surface area contributed by atoms with Gasteiger partial charge in [-0.1, -0.05) is 12.1 Å². The zero-order chi connectivity index (χ0) is 19.7. The summed E-state index contributed by atoms with van der Waals surface area (Å²) in [6.45, 7) is 0. The van der Waals surface area contributed by atoms with E-state index in [4.69, 9.17) is 10.00 Å². The minimum atomic E-state index is -0.250. The van der Waals surface area contributed by atoms with Crippen molar-refractivity contribution in [3.8, 4) is 11.8 Å². The van der Waals surface area contributed by atoms with Crippen molar-refractivity contribution in [3.05, 3.63) is 70.9 Å². The number of hydrogen-bond acceptors (Lipinski definition) is 4. The molecule has 5 heteroatoms. The average molecular weight is 372 g/mol. The van der Waals surface area contributed by atoms with Crippen LogP contribution in [0.15, 0.2) is 59.8 Å². The summed E-state index contributed by atoms with van der Waals surface area (Å²) in [6, 6.07) is 16.6. The van der Waals surface area contributed by atoms with Gasteiger partial charge in [0.05, 0.1) is 18.7 Å². The summed E-state index contributed by atoms with van der Waals surface area (Å²) >= 11 is 0. The van der Waals surface area contributed by atoms with Crippen molar-refractivity contribution < 1.29 is 14.3 Å². The molecule has 0 fully saturated rings. The number of Topliss-reactive ketones (excluding diaryl/α,β-unsaturated/α-hetero) is 1. The molecule has 1 atom stereocenters. The second kappa shape index (κ2) is 7.32. The van der Waals surface area contributed by atoms with Gasteiger partial charge in [-0.25, -0.2) is 0 Å². The maximum Gasteiger partial charge on any atom is 0.232 e. The van der Waals surface area contributed by atoms with Gasteiger partial charge in [-0.05, 0) is 54.8 Å². The monoisotopic (exact) mass is 372 g/mol. The summed E-state index contributed by atoms with van der Waals surface area (Å²) in [7, 11) is 1.61. The first-order valence-electron chi connectivity index (χ1n) is 9.35. The van der Waals surface area contributed by atoms with Crippen LogP contribution in [0.5, 0.6) is 5.75 Å². The standard InChI is InChI=1S/C23H20N2O3/c1-28-18-5-2-4-16(12-18)19-13-22(27)25(17-10-8-15(14-24)9-11-17)20-6-3-7-21(26)23(19)20/h2,4-5,8-12,19H,3,6-7,13H2,1H3. The highest BCUT2D eigenvalue weighted by Crippen LogP contribution is 2.43. The Balaban J connectivity index is 1.83. The van der Waals surface area contributed by atoms with Crippen LogP contribution in [0, 0.1) is 11.3 Å². The number of nitrogens with zero attached hydrogens (tertiary/aromatic N) is 2. The molecule has 0 spiro atoms. The maximum atomic E-state index is 13.1. The number of allylic oxidation sites excluding steroid dienone is 2. The normalized spacial score (nSPS) is 19.3. The topological polar surface area (TPSA) is 70.4 Å². The minimum Gasteiger partial charge on any atom is -0.497 e. The Hall–Kier alpha value is -3.39. The van der Waals surface area contributed by atoms with Crippen LogP contribution in [0.4, 0.5) is 5.69 Å². The van der Waals surface area contributed by atoms with E-state index in [-0.39, 0.29) is 24.0 Å². The molecule has 28 heavy (non-hydrogen) atoms. The van der Waals surface area contributed by atoms with Crippen LogP contribution in [0.1, 0.15) is 42.7 Å². The van der Waals surface area contributed by atoms with Gasteiger partial charge in [-0.3, -0.25) is 14.5 Å². The van der Waals surface area contributed by atoms with Gasteiger partial charge in [0.15, 0.2) is 5.78 Å². The van der Waals surface area contributed by atoms with Gasteiger partial charge in [-0.15, -0.1) is 0 Å². The molecule has 0 radical (unpaired) electrons. The van der Waals surface area contributed by atoms with E-state index in [1.54, 1.807) is 36.3 Å². The van der Waals surface area contributed by atoms with Gasteiger partial charge in [0.1, 0.15) is 5.75 Å². The van der Waals surface area contributed by atoms with Crippen molar-refractivity contribution in [2.45, 2.75) is 31.6 Å². The zero-order valence-electron chi connectivity index (χ0n) is 15.6. The number of carbonyl (C=O) groups excluding carboxylic acids is 2. The molecule has 1 heterocycles. The Bertz CT molecular complexity index is 1010. The number of ether oxygens (including phenoxy) is 1. The highest BCUT2D eigenvalue weighted by Gasteiger charge is 2.39. The van der Waals surface area contributed by atoms with Gasteiger partial charge in [-0.2, -0.15) is 5.26 Å². The Morgan fingerprint density at radius 1 is 1.11 bits per heavy atom. The van der Waals surface area contributed by atoms with Crippen molar-refractivity contribution in [1.29, 1.82) is 5.26 Å². The summed E-state index contributed by atoms with van der Waals surface area (Å²) < 4.78 is 5.32. The van der Waals surface area contributed by atoms with E-state index in [1.165, 1.54) is 0 Å². The van der Waals surface area contributed by atoms with E-state index >= 15 is 0 Å². The molecular weight excluding hydrogens is 352 g/mol. The van der Waals surface area contributed by atoms with Crippen LogP contribution >= 0.6 is 0 Å². The van der Waals surface area contributed by atoms with Crippen LogP contribution in [0.3, 0.4) is 0 Å². The van der Waals surface area contributed by atoms with Crippen LogP contribution < -0.4 is 9.64 Å². The molecule has 2 aromatic rings. The van der Waals surface area contributed by atoms with Crippen molar-refractivity contribution >= 4 is 17.4 Å². The van der Waals surface area contributed by atoms with Crippen molar-refractivity contribution in [2.24, 2.45) is 0 Å². The van der Waals surface area contributed by atoms with Gasteiger partial charge >= 0.3 is 0 Å². The van der Waals surface area contributed by atoms with E-state index in [9.17, 15) is 9.59 Å². The predicted octanol–water partition coefficient (Wildman–Crippen LogP) is 4.09. The number of carbonyl (C=O) groups is 2. The number of hydrogen-bond donors (Lipinski definition) is 0. The minimum absolute atomic E-state index is 0.0361. The molecule has 0 saturated carbocycles.